The Bertz CT molecular complexity index is 236. The molecule has 0 aromatic carbocycles. The fourth-order valence-electron chi connectivity index (χ4n) is 2.17. The second-order valence-corrected chi connectivity index (χ2v) is 5.36. The number of aliphatic hydroxyl groups excluding tert-OH is 1. The highest BCUT2D eigenvalue weighted by molar-refractivity contribution is 5.00. The summed E-state index contributed by atoms with van der Waals surface area (Å²) in [6.07, 6.45) is 2.45. The first-order valence-corrected chi connectivity index (χ1v) is 6.96. The van der Waals surface area contributed by atoms with Gasteiger partial charge in [0.2, 0.25) is 0 Å². The van der Waals surface area contributed by atoms with E-state index in [-0.39, 0.29) is 6.61 Å². The Labute approximate surface area is 111 Å². The lowest BCUT2D eigenvalue weighted by Crippen LogP contribution is -2.39. The molecule has 1 aliphatic rings. The minimum atomic E-state index is 0.123. The van der Waals surface area contributed by atoms with Gasteiger partial charge in [0, 0.05) is 32.2 Å². The van der Waals surface area contributed by atoms with Gasteiger partial charge in [0.25, 0.3) is 0 Å². The highest BCUT2D eigenvalue weighted by atomic mass is 16.5. The van der Waals surface area contributed by atoms with Crippen molar-refractivity contribution < 1.29 is 9.84 Å². The van der Waals surface area contributed by atoms with Crippen LogP contribution in [0.1, 0.15) is 26.7 Å². The lowest BCUT2D eigenvalue weighted by Gasteiger charge is -2.32. The van der Waals surface area contributed by atoms with Crippen LogP contribution in [0.3, 0.4) is 0 Å². The Hall–Kier alpha value is -0.420. The van der Waals surface area contributed by atoms with Crippen molar-refractivity contribution in [1.29, 1.82) is 0 Å². The van der Waals surface area contributed by atoms with Crippen molar-refractivity contribution in [1.82, 2.24) is 10.2 Å². The van der Waals surface area contributed by atoms with Crippen LogP contribution in [0.15, 0.2) is 12.2 Å². The van der Waals surface area contributed by atoms with E-state index in [4.69, 9.17) is 9.84 Å². The Morgan fingerprint density at radius 2 is 2.11 bits per heavy atom. The fraction of sp³-hybridized carbons (Fsp3) is 0.857. The van der Waals surface area contributed by atoms with Crippen LogP contribution in [0.2, 0.25) is 0 Å². The van der Waals surface area contributed by atoms with E-state index < -0.39 is 0 Å². The van der Waals surface area contributed by atoms with E-state index in [9.17, 15) is 0 Å². The maximum absolute atomic E-state index is 8.72. The van der Waals surface area contributed by atoms with Crippen LogP contribution in [0.25, 0.3) is 0 Å². The molecule has 4 nitrogen and oxygen atoms in total. The Kier molecular flexibility index (Phi) is 7.51. The van der Waals surface area contributed by atoms with Crippen molar-refractivity contribution in [2.75, 3.05) is 39.4 Å². The molecule has 1 heterocycles. The highest BCUT2D eigenvalue weighted by Crippen LogP contribution is 2.14. The van der Waals surface area contributed by atoms with E-state index >= 15 is 0 Å². The van der Waals surface area contributed by atoms with Crippen molar-refractivity contribution in [2.45, 2.75) is 38.8 Å². The van der Waals surface area contributed by atoms with Gasteiger partial charge >= 0.3 is 0 Å². The average molecular weight is 256 g/mol. The molecule has 0 bridgehead atoms. The van der Waals surface area contributed by atoms with E-state index in [0.29, 0.717) is 18.8 Å². The highest BCUT2D eigenvalue weighted by Gasteiger charge is 2.19. The summed E-state index contributed by atoms with van der Waals surface area (Å²) < 4.78 is 5.55. The van der Waals surface area contributed by atoms with Crippen LogP contribution in [-0.4, -0.2) is 61.5 Å². The molecule has 0 unspecified atom stereocenters. The molecule has 0 aromatic rings. The smallest absolute Gasteiger partial charge is 0.0701 e. The molecule has 1 aliphatic heterocycles. The van der Waals surface area contributed by atoms with Gasteiger partial charge in [-0.3, -0.25) is 4.90 Å². The summed E-state index contributed by atoms with van der Waals surface area (Å²) in [5.41, 5.74) is 1.25. The Morgan fingerprint density at radius 1 is 1.44 bits per heavy atom. The summed E-state index contributed by atoms with van der Waals surface area (Å²) in [5.74, 6) is 0. The first-order chi connectivity index (χ1) is 8.61. The molecule has 0 atom stereocenters. The zero-order chi connectivity index (χ0) is 13.4. The van der Waals surface area contributed by atoms with Gasteiger partial charge in [-0.2, -0.15) is 0 Å². The molecule has 0 spiro atoms. The van der Waals surface area contributed by atoms with Crippen molar-refractivity contribution in [3.8, 4) is 0 Å². The number of aliphatic hydroxyl groups is 1. The van der Waals surface area contributed by atoms with Gasteiger partial charge in [-0.1, -0.05) is 20.4 Å². The molecule has 0 aromatic heterocycles. The van der Waals surface area contributed by atoms with Crippen LogP contribution >= 0.6 is 0 Å². The zero-order valence-corrected chi connectivity index (χ0v) is 11.8. The molecule has 0 saturated carbocycles. The minimum Gasteiger partial charge on any atom is -0.394 e. The van der Waals surface area contributed by atoms with E-state index in [2.05, 4.69) is 30.6 Å². The SMILES string of the molecule is C=C(CNC(C)C)CN1CCC(OCCO)CC1. The molecule has 1 rings (SSSR count). The maximum Gasteiger partial charge on any atom is 0.0701 e. The van der Waals surface area contributed by atoms with Crippen molar-refractivity contribution in [3.63, 3.8) is 0 Å². The van der Waals surface area contributed by atoms with Crippen LogP contribution in [-0.2, 0) is 4.74 Å². The quantitative estimate of drug-likeness (QED) is 0.636. The minimum absolute atomic E-state index is 0.123. The number of rotatable bonds is 8. The second kappa shape index (κ2) is 8.64. The zero-order valence-electron chi connectivity index (χ0n) is 11.8. The predicted molar refractivity (Wildman–Crippen MR) is 74.8 cm³/mol. The van der Waals surface area contributed by atoms with Crippen LogP contribution in [0.4, 0.5) is 0 Å². The van der Waals surface area contributed by atoms with Gasteiger partial charge in [0.15, 0.2) is 0 Å². The molecule has 2 N–H and O–H groups in total. The van der Waals surface area contributed by atoms with Crippen molar-refractivity contribution in [3.05, 3.63) is 12.2 Å². The number of ether oxygens (including phenoxy) is 1. The van der Waals surface area contributed by atoms with Crippen LogP contribution in [0.5, 0.6) is 0 Å². The molecule has 1 saturated heterocycles. The second-order valence-electron chi connectivity index (χ2n) is 5.36. The molecule has 0 amide bonds. The topological polar surface area (TPSA) is 44.7 Å². The van der Waals surface area contributed by atoms with Gasteiger partial charge in [-0.15, -0.1) is 0 Å². The molecule has 0 radical (unpaired) electrons. The summed E-state index contributed by atoms with van der Waals surface area (Å²) in [4.78, 5) is 2.43. The number of nitrogens with one attached hydrogen (secondary N) is 1. The van der Waals surface area contributed by atoms with E-state index in [1.54, 1.807) is 0 Å². The molecular formula is C14H28N2O2. The molecule has 18 heavy (non-hydrogen) atoms. The first kappa shape index (κ1) is 15.6. The van der Waals surface area contributed by atoms with E-state index in [1.807, 2.05) is 0 Å². The number of hydrogen-bond donors (Lipinski definition) is 2. The average Bonchev–Trinajstić information content (AvgIpc) is 2.35. The largest absolute Gasteiger partial charge is 0.394 e. The van der Waals surface area contributed by atoms with E-state index in [1.165, 1.54) is 5.57 Å². The third-order valence-corrected chi connectivity index (χ3v) is 3.19. The standard InChI is InChI=1S/C14H28N2O2/c1-12(2)15-10-13(3)11-16-6-4-14(5-7-16)18-9-8-17/h12,14-15,17H,3-11H2,1-2H3. The maximum atomic E-state index is 8.72. The number of hydrogen-bond acceptors (Lipinski definition) is 4. The third kappa shape index (κ3) is 6.50. The number of nitrogens with zero attached hydrogens (tertiary/aromatic N) is 1. The molecular weight excluding hydrogens is 228 g/mol. The third-order valence-electron chi connectivity index (χ3n) is 3.19. The summed E-state index contributed by atoms with van der Waals surface area (Å²) in [6.45, 7) is 13.0. The Balaban J connectivity index is 2.13. The van der Waals surface area contributed by atoms with Gasteiger partial charge in [0.1, 0.15) is 0 Å². The molecule has 0 aliphatic carbocycles. The summed E-state index contributed by atoms with van der Waals surface area (Å²) in [7, 11) is 0. The molecule has 1 fully saturated rings. The number of likely N-dealkylation sites (tertiary alicyclic amines) is 1. The normalized spacial score (nSPS) is 18.4. The molecule has 4 heteroatoms. The lowest BCUT2D eigenvalue weighted by molar-refractivity contribution is -0.00631. The monoisotopic (exact) mass is 256 g/mol. The summed E-state index contributed by atoms with van der Waals surface area (Å²) >= 11 is 0. The van der Waals surface area contributed by atoms with Gasteiger partial charge < -0.3 is 15.2 Å². The fourth-order valence-corrected chi connectivity index (χ4v) is 2.17. The van der Waals surface area contributed by atoms with Gasteiger partial charge in [-0.05, 0) is 18.4 Å². The predicted octanol–water partition coefficient (Wildman–Crippen LogP) is 1.01. The van der Waals surface area contributed by atoms with Crippen molar-refractivity contribution in [2.24, 2.45) is 0 Å². The molecule has 106 valence electrons. The van der Waals surface area contributed by atoms with Crippen molar-refractivity contribution >= 4 is 0 Å². The Morgan fingerprint density at radius 3 is 2.67 bits per heavy atom. The summed E-state index contributed by atoms with van der Waals surface area (Å²) in [5, 5.41) is 12.1. The van der Waals surface area contributed by atoms with E-state index in [0.717, 1.165) is 39.0 Å². The van der Waals surface area contributed by atoms with Gasteiger partial charge in [0.05, 0.1) is 19.3 Å². The lowest BCUT2D eigenvalue weighted by atomic mass is 10.1. The number of piperidine rings is 1. The first-order valence-electron chi connectivity index (χ1n) is 6.96. The van der Waals surface area contributed by atoms with Crippen LogP contribution < -0.4 is 5.32 Å². The summed E-state index contributed by atoms with van der Waals surface area (Å²) in [6, 6.07) is 0.513. The van der Waals surface area contributed by atoms with Gasteiger partial charge in [-0.25, -0.2) is 0 Å². The van der Waals surface area contributed by atoms with Crippen LogP contribution in [0, 0.1) is 0 Å².